The van der Waals surface area contributed by atoms with Crippen LogP contribution in [0.4, 0.5) is 11.4 Å². The van der Waals surface area contributed by atoms with Crippen molar-refractivity contribution in [1.82, 2.24) is 4.90 Å². The molecule has 1 aliphatic rings. The van der Waals surface area contributed by atoms with Gasteiger partial charge in [0.2, 0.25) is 0 Å². The Hall–Kier alpha value is -2.61. The molecule has 0 saturated carbocycles. The molecule has 2 aromatic rings. The van der Waals surface area contributed by atoms with Crippen molar-refractivity contribution in [2.24, 2.45) is 0 Å². The molecule has 0 aromatic heterocycles. The maximum Gasteiger partial charge on any atom is 0.293 e. The Kier molecular flexibility index (Phi) is 6.51. The Morgan fingerprint density at radius 3 is 2.54 bits per heavy atom. The number of halogens is 1. The van der Waals surface area contributed by atoms with Crippen LogP contribution in [0.3, 0.4) is 0 Å². The minimum Gasteiger partial charge on any atom is -0.492 e. The lowest BCUT2D eigenvalue weighted by Gasteiger charge is -2.20. The monoisotopic (exact) mass is 447 g/mol. The molecule has 3 rings (SSSR count). The highest BCUT2D eigenvalue weighted by atomic mass is 79.9. The van der Waals surface area contributed by atoms with E-state index < -0.39 is 4.92 Å². The maximum atomic E-state index is 12.7. The molecule has 0 aliphatic carbocycles. The van der Waals surface area contributed by atoms with Gasteiger partial charge in [0.25, 0.3) is 11.6 Å². The molecule has 0 radical (unpaired) electrons. The summed E-state index contributed by atoms with van der Waals surface area (Å²) in [6.45, 7) is 2.32. The molecule has 0 unspecified atom stereocenters. The standard InChI is InChI=1S/C20H22BrN3O4/c1-22(12-13-28-17-7-5-16(21)6-8-17)20(25)15-4-9-18(19(14-15)24(26)27)23-10-2-3-11-23/h4-9,14H,2-3,10-13H2,1H3. The number of carbonyl (C=O) groups is 1. The molecule has 7 nitrogen and oxygen atoms in total. The molecule has 28 heavy (non-hydrogen) atoms. The van der Waals surface area contributed by atoms with E-state index in [-0.39, 0.29) is 11.6 Å². The van der Waals surface area contributed by atoms with Gasteiger partial charge in [0.15, 0.2) is 0 Å². The largest absolute Gasteiger partial charge is 0.492 e. The lowest BCUT2D eigenvalue weighted by molar-refractivity contribution is -0.384. The molecule has 1 heterocycles. The number of nitro groups is 1. The van der Waals surface area contributed by atoms with Crippen LogP contribution in [0.1, 0.15) is 23.2 Å². The van der Waals surface area contributed by atoms with Crippen LogP contribution >= 0.6 is 15.9 Å². The summed E-state index contributed by atoms with van der Waals surface area (Å²) in [7, 11) is 1.66. The topological polar surface area (TPSA) is 75.9 Å². The molecule has 148 valence electrons. The number of hydrogen-bond acceptors (Lipinski definition) is 5. The van der Waals surface area contributed by atoms with Crippen molar-refractivity contribution >= 4 is 33.2 Å². The van der Waals surface area contributed by atoms with E-state index in [9.17, 15) is 14.9 Å². The van der Waals surface area contributed by atoms with Gasteiger partial charge in [0.05, 0.1) is 11.5 Å². The molecule has 2 aromatic carbocycles. The van der Waals surface area contributed by atoms with Gasteiger partial charge in [-0.15, -0.1) is 0 Å². The smallest absolute Gasteiger partial charge is 0.293 e. The third-order valence-electron chi connectivity index (χ3n) is 4.72. The Bertz CT molecular complexity index is 851. The Morgan fingerprint density at radius 2 is 1.89 bits per heavy atom. The van der Waals surface area contributed by atoms with Crippen molar-refractivity contribution in [2.45, 2.75) is 12.8 Å². The van der Waals surface area contributed by atoms with Gasteiger partial charge in [-0.05, 0) is 49.2 Å². The van der Waals surface area contributed by atoms with Crippen molar-refractivity contribution in [3.63, 3.8) is 0 Å². The normalized spacial score (nSPS) is 13.4. The summed E-state index contributed by atoms with van der Waals surface area (Å²) in [6.07, 6.45) is 2.05. The highest BCUT2D eigenvalue weighted by Crippen LogP contribution is 2.32. The number of ether oxygens (including phenoxy) is 1. The van der Waals surface area contributed by atoms with E-state index in [4.69, 9.17) is 4.74 Å². The van der Waals surface area contributed by atoms with Crippen LogP contribution in [-0.2, 0) is 0 Å². The van der Waals surface area contributed by atoms with E-state index in [0.29, 0.717) is 24.4 Å². The van der Waals surface area contributed by atoms with Gasteiger partial charge in [0.1, 0.15) is 18.0 Å². The summed E-state index contributed by atoms with van der Waals surface area (Å²) in [6, 6.07) is 12.2. The number of benzene rings is 2. The summed E-state index contributed by atoms with van der Waals surface area (Å²) in [5, 5.41) is 11.5. The number of hydrogen-bond donors (Lipinski definition) is 0. The van der Waals surface area contributed by atoms with Crippen molar-refractivity contribution < 1.29 is 14.5 Å². The van der Waals surface area contributed by atoms with E-state index in [2.05, 4.69) is 15.9 Å². The highest BCUT2D eigenvalue weighted by Gasteiger charge is 2.24. The molecule has 1 amide bonds. The zero-order chi connectivity index (χ0) is 20.1. The zero-order valence-corrected chi connectivity index (χ0v) is 17.2. The lowest BCUT2D eigenvalue weighted by atomic mass is 10.1. The van der Waals surface area contributed by atoms with Crippen LogP contribution in [0.15, 0.2) is 46.9 Å². The second-order valence-corrected chi connectivity index (χ2v) is 7.60. The lowest BCUT2D eigenvalue weighted by Crippen LogP contribution is -2.31. The van der Waals surface area contributed by atoms with E-state index in [1.54, 1.807) is 19.2 Å². The number of carbonyl (C=O) groups excluding carboxylic acids is 1. The predicted molar refractivity (Wildman–Crippen MR) is 111 cm³/mol. The highest BCUT2D eigenvalue weighted by molar-refractivity contribution is 9.10. The summed E-state index contributed by atoms with van der Waals surface area (Å²) in [4.78, 5) is 27.3. The van der Waals surface area contributed by atoms with Gasteiger partial charge in [-0.2, -0.15) is 0 Å². The van der Waals surface area contributed by atoms with E-state index in [1.165, 1.54) is 11.0 Å². The van der Waals surface area contributed by atoms with Gasteiger partial charge in [-0.1, -0.05) is 15.9 Å². The van der Waals surface area contributed by atoms with Crippen LogP contribution < -0.4 is 9.64 Å². The van der Waals surface area contributed by atoms with Gasteiger partial charge in [-0.3, -0.25) is 14.9 Å². The number of likely N-dealkylation sites (N-methyl/N-ethyl adjacent to an activating group) is 1. The Balaban J connectivity index is 1.64. The summed E-state index contributed by atoms with van der Waals surface area (Å²) in [5.41, 5.74) is 0.869. The molecule has 1 aliphatic heterocycles. The average molecular weight is 448 g/mol. The Morgan fingerprint density at radius 1 is 1.21 bits per heavy atom. The predicted octanol–water partition coefficient (Wildman–Crippen LogP) is 4.11. The SMILES string of the molecule is CN(CCOc1ccc(Br)cc1)C(=O)c1ccc(N2CCCC2)c([N+](=O)[O-])c1. The maximum absolute atomic E-state index is 12.7. The van der Waals surface area contributed by atoms with Crippen LogP contribution in [0.25, 0.3) is 0 Å². The van der Waals surface area contributed by atoms with E-state index >= 15 is 0 Å². The fourth-order valence-electron chi connectivity index (χ4n) is 3.18. The molecule has 0 spiro atoms. The van der Waals surface area contributed by atoms with Crippen LogP contribution in [-0.4, -0.2) is 49.0 Å². The first-order valence-corrected chi connectivity index (χ1v) is 9.92. The van der Waals surface area contributed by atoms with Gasteiger partial charge in [0, 0.05) is 36.2 Å². The first kappa shape index (κ1) is 20.1. The van der Waals surface area contributed by atoms with Gasteiger partial charge < -0.3 is 14.5 Å². The summed E-state index contributed by atoms with van der Waals surface area (Å²) >= 11 is 3.36. The first-order valence-electron chi connectivity index (χ1n) is 9.13. The van der Waals surface area contributed by atoms with Crippen LogP contribution in [0.2, 0.25) is 0 Å². The molecule has 0 bridgehead atoms. The molecular formula is C20H22BrN3O4. The number of nitro benzene ring substituents is 1. The van der Waals surface area contributed by atoms with E-state index in [1.807, 2.05) is 29.2 Å². The van der Waals surface area contributed by atoms with Crippen molar-refractivity contribution in [3.8, 4) is 5.75 Å². The molecular weight excluding hydrogens is 426 g/mol. The number of rotatable bonds is 7. The van der Waals surface area contributed by atoms with Crippen molar-refractivity contribution in [1.29, 1.82) is 0 Å². The van der Waals surface area contributed by atoms with Crippen molar-refractivity contribution in [2.75, 3.05) is 38.2 Å². The molecule has 1 saturated heterocycles. The second-order valence-electron chi connectivity index (χ2n) is 6.68. The van der Waals surface area contributed by atoms with Crippen LogP contribution in [0, 0.1) is 10.1 Å². The molecule has 8 heteroatoms. The van der Waals surface area contributed by atoms with Crippen LogP contribution in [0.5, 0.6) is 5.75 Å². The van der Waals surface area contributed by atoms with Gasteiger partial charge >= 0.3 is 0 Å². The molecule has 0 N–H and O–H groups in total. The quantitative estimate of drug-likeness (QED) is 0.471. The second kappa shape index (κ2) is 9.05. The van der Waals surface area contributed by atoms with E-state index in [0.717, 1.165) is 36.2 Å². The number of amides is 1. The average Bonchev–Trinajstić information content (AvgIpc) is 3.23. The number of nitrogens with zero attached hydrogens (tertiary/aromatic N) is 3. The summed E-state index contributed by atoms with van der Waals surface area (Å²) in [5.74, 6) is 0.449. The molecule has 0 atom stereocenters. The first-order chi connectivity index (χ1) is 13.5. The third-order valence-corrected chi connectivity index (χ3v) is 5.25. The van der Waals surface area contributed by atoms with Gasteiger partial charge in [-0.25, -0.2) is 0 Å². The zero-order valence-electron chi connectivity index (χ0n) is 15.6. The Labute approximate surface area is 172 Å². The molecule has 1 fully saturated rings. The number of anilines is 1. The fourth-order valence-corrected chi connectivity index (χ4v) is 3.45. The minimum atomic E-state index is -0.416. The summed E-state index contributed by atoms with van der Waals surface area (Å²) < 4.78 is 6.60. The third kappa shape index (κ3) is 4.81. The fraction of sp³-hybridized carbons (Fsp3) is 0.350. The van der Waals surface area contributed by atoms with Crippen molar-refractivity contribution in [3.05, 3.63) is 62.6 Å². The minimum absolute atomic E-state index is 0.0211.